The van der Waals surface area contributed by atoms with Crippen molar-refractivity contribution in [2.75, 3.05) is 0 Å². The summed E-state index contributed by atoms with van der Waals surface area (Å²) in [5.74, 6) is 6.27. The van der Waals surface area contributed by atoms with E-state index in [1.54, 1.807) is 0 Å². The summed E-state index contributed by atoms with van der Waals surface area (Å²) in [6.07, 6.45) is 2.09. The van der Waals surface area contributed by atoms with Gasteiger partial charge in [-0.3, -0.25) is 14.6 Å². The summed E-state index contributed by atoms with van der Waals surface area (Å²) < 4.78 is 0. The SMILES string of the molecule is CC1(C)CC(c2cccc(CC3(C)CC(c4ccccc4)N(N)C3=O)c2)NC1=O. The predicted molar refractivity (Wildman–Crippen MR) is 112 cm³/mol. The van der Waals surface area contributed by atoms with E-state index in [1.165, 1.54) is 5.01 Å². The van der Waals surface area contributed by atoms with Gasteiger partial charge in [0.05, 0.1) is 17.5 Å². The molecule has 2 heterocycles. The largest absolute Gasteiger partial charge is 0.349 e. The second kappa shape index (κ2) is 6.99. The zero-order chi connectivity index (χ0) is 20.8. The van der Waals surface area contributed by atoms with E-state index in [2.05, 4.69) is 23.5 Å². The summed E-state index contributed by atoms with van der Waals surface area (Å²) in [4.78, 5) is 25.2. The Labute approximate surface area is 172 Å². The fourth-order valence-corrected chi connectivity index (χ4v) is 4.75. The van der Waals surface area contributed by atoms with Gasteiger partial charge < -0.3 is 5.32 Å². The number of nitrogens with zero attached hydrogens (tertiary/aromatic N) is 1. The monoisotopic (exact) mass is 391 g/mol. The van der Waals surface area contributed by atoms with Crippen LogP contribution in [-0.2, 0) is 16.0 Å². The highest BCUT2D eigenvalue weighted by Crippen LogP contribution is 2.44. The average molecular weight is 392 g/mol. The molecule has 0 radical (unpaired) electrons. The summed E-state index contributed by atoms with van der Waals surface area (Å²) in [5.41, 5.74) is 2.36. The summed E-state index contributed by atoms with van der Waals surface area (Å²) in [5, 5.41) is 4.50. The van der Waals surface area contributed by atoms with E-state index in [-0.39, 0.29) is 29.3 Å². The molecule has 0 aliphatic carbocycles. The molecule has 5 heteroatoms. The van der Waals surface area contributed by atoms with E-state index < -0.39 is 5.41 Å². The summed E-state index contributed by atoms with van der Waals surface area (Å²) in [6.45, 7) is 5.96. The van der Waals surface area contributed by atoms with Crippen LogP contribution in [0.25, 0.3) is 0 Å². The normalized spacial score (nSPS) is 28.6. The van der Waals surface area contributed by atoms with Crippen molar-refractivity contribution in [3.63, 3.8) is 0 Å². The number of hydrogen-bond acceptors (Lipinski definition) is 3. The maximum Gasteiger partial charge on any atom is 0.243 e. The highest BCUT2D eigenvalue weighted by molar-refractivity contribution is 5.85. The standard InChI is InChI=1S/C24H29N3O2/c1-23(2)14-19(26-21(23)28)18-11-7-8-16(12-18)13-24(3)15-20(27(25)22(24)29)17-9-5-4-6-10-17/h4-12,19-20H,13-15,25H2,1-3H3,(H,26,28). The van der Waals surface area contributed by atoms with Crippen molar-refractivity contribution < 1.29 is 9.59 Å². The van der Waals surface area contributed by atoms with Gasteiger partial charge in [0, 0.05) is 5.41 Å². The third kappa shape index (κ3) is 3.55. The first-order chi connectivity index (χ1) is 13.7. The van der Waals surface area contributed by atoms with Crippen LogP contribution in [0.4, 0.5) is 0 Å². The van der Waals surface area contributed by atoms with Crippen molar-refractivity contribution >= 4 is 11.8 Å². The Kier molecular flexibility index (Phi) is 4.74. The Balaban J connectivity index is 1.55. The maximum atomic E-state index is 13.0. The third-order valence-electron chi connectivity index (χ3n) is 6.50. The fraction of sp³-hybridized carbons (Fsp3) is 0.417. The molecule has 29 heavy (non-hydrogen) atoms. The van der Waals surface area contributed by atoms with Crippen molar-refractivity contribution in [3.8, 4) is 0 Å². The molecule has 2 aromatic rings. The van der Waals surface area contributed by atoms with Gasteiger partial charge >= 0.3 is 0 Å². The van der Waals surface area contributed by atoms with E-state index in [9.17, 15) is 9.59 Å². The molecular formula is C24H29N3O2. The molecule has 2 saturated heterocycles. The van der Waals surface area contributed by atoms with E-state index in [0.717, 1.165) is 23.1 Å². The van der Waals surface area contributed by atoms with Crippen LogP contribution >= 0.6 is 0 Å². The average Bonchev–Trinajstić information content (AvgIpc) is 3.10. The fourth-order valence-electron chi connectivity index (χ4n) is 4.75. The molecule has 3 unspecified atom stereocenters. The first-order valence-electron chi connectivity index (χ1n) is 10.2. The minimum atomic E-state index is -0.550. The second-order valence-electron chi connectivity index (χ2n) is 9.44. The molecule has 0 bridgehead atoms. The van der Waals surface area contributed by atoms with Crippen LogP contribution in [0.1, 0.15) is 62.4 Å². The van der Waals surface area contributed by atoms with Gasteiger partial charge in [-0.15, -0.1) is 0 Å². The molecule has 4 rings (SSSR count). The van der Waals surface area contributed by atoms with Crippen LogP contribution in [0.2, 0.25) is 0 Å². The molecule has 2 fully saturated rings. The second-order valence-corrected chi connectivity index (χ2v) is 9.44. The van der Waals surface area contributed by atoms with Gasteiger partial charge in [-0.05, 0) is 36.0 Å². The molecule has 2 amide bonds. The Hall–Kier alpha value is -2.66. The molecule has 2 aliphatic rings. The predicted octanol–water partition coefficient (Wildman–Crippen LogP) is 3.67. The molecule has 2 aromatic carbocycles. The Morgan fingerprint density at radius 3 is 2.34 bits per heavy atom. The van der Waals surface area contributed by atoms with Gasteiger partial charge in [0.15, 0.2) is 0 Å². The van der Waals surface area contributed by atoms with Crippen molar-refractivity contribution in [2.45, 2.75) is 52.1 Å². The molecule has 5 nitrogen and oxygen atoms in total. The highest BCUT2D eigenvalue weighted by Gasteiger charge is 2.48. The summed E-state index contributed by atoms with van der Waals surface area (Å²) in [6, 6.07) is 18.1. The number of nitrogens with one attached hydrogen (secondary N) is 1. The van der Waals surface area contributed by atoms with Gasteiger partial charge in [-0.25, -0.2) is 5.84 Å². The quantitative estimate of drug-likeness (QED) is 0.617. The zero-order valence-electron chi connectivity index (χ0n) is 17.3. The topological polar surface area (TPSA) is 75.4 Å². The van der Waals surface area contributed by atoms with Crippen LogP contribution in [0.15, 0.2) is 54.6 Å². The summed E-state index contributed by atoms with van der Waals surface area (Å²) in [7, 11) is 0. The van der Waals surface area contributed by atoms with Gasteiger partial charge in [0.25, 0.3) is 0 Å². The number of carbonyl (C=O) groups is 2. The number of amides is 2. The lowest BCUT2D eigenvalue weighted by atomic mass is 9.79. The lowest BCUT2D eigenvalue weighted by molar-refractivity contribution is -0.136. The molecule has 3 N–H and O–H groups in total. The maximum absolute atomic E-state index is 13.0. The molecule has 0 aromatic heterocycles. The Bertz CT molecular complexity index is 940. The van der Waals surface area contributed by atoms with Gasteiger partial charge in [-0.2, -0.15) is 0 Å². The van der Waals surface area contributed by atoms with Crippen molar-refractivity contribution in [1.82, 2.24) is 10.3 Å². The van der Waals surface area contributed by atoms with Crippen LogP contribution in [0.3, 0.4) is 0 Å². The third-order valence-corrected chi connectivity index (χ3v) is 6.50. The number of benzene rings is 2. The van der Waals surface area contributed by atoms with Crippen LogP contribution in [0, 0.1) is 10.8 Å². The van der Waals surface area contributed by atoms with Crippen LogP contribution in [-0.4, -0.2) is 16.8 Å². The van der Waals surface area contributed by atoms with Gasteiger partial charge in [0.1, 0.15) is 0 Å². The number of hydrazine groups is 1. The lowest BCUT2D eigenvalue weighted by Gasteiger charge is -2.22. The number of nitrogens with two attached hydrogens (primary N) is 1. The van der Waals surface area contributed by atoms with E-state index in [1.807, 2.05) is 57.2 Å². The van der Waals surface area contributed by atoms with Crippen molar-refractivity contribution in [1.29, 1.82) is 0 Å². The van der Waals surface area contributed by atoms with E-state index in [4.69, 9.17) is 5.84 Å². The molecule has 2 aliphatic heterocycles. The zero-order valence-corrected chi connectivity index (χ0v) is 17.3. The van der Waals surface area contributed by atoms with Crippen LogP contribution in [0.5, 0.6) is 0 Å². The molecular weight excluding hydrogens is 362 g/mol. The molecule has 3 atom stereocenters. The van der Waals surface area contributed by atoms with Crippen molar-refractivity contribution in [2.24, 2.45) is 16.7 Å². The van der Waals surface area contributed by atoms with E-state index in [0.29, 0.717) is 12.8 Å². The number of rotatable bonds is 4. The summed E-state index contributed by atoms with van der Waals surface area (Å²) >= 11 is 0. The van der Waals surface area contributed by atoms with E-state index >= 15 is 0 Å². The van der Waals surface area contributed by atoms with Gasteiger partial charge in [0.2, 0.25) is 11.8 Å². The number of hydrogen-bond donors (Lipinski definition) is 2. The van der Waals surface area contributed by atoms with Crippen LogP contribution < -0.4 is 11.2 Å². The Morgan fingerprint density at radius 2 is 1.69 bits per heavy atom. The first kappa shape index (κ1) is 19.6. The highest BCUT2D eigenvalue weighted by atomic mass is 16.2. The Morgan fingerprint density at radius 1 is 1.00 bits per heavy atom. The van der Waals surface area contributed by atoms with Gasteiger partial charge in [-0.1, -0.05) is 75.4 Å². The minimum Gasteiger partial charge on any atom is -0.349 e. The van der Waals surface area contributed by atoms with Crippen molar-refractivity contribution in [3.05, 3.63) is 71.3 Å². The minimum absolute atomic E-state index is 0.0209. The first-order valence-corrected chi connectivity index (χ1v) is 10.2. The number of carbonyl (C=O) groups excluding carboxylic acids is 2. The molecule has 0 spiro atoms. The smallest absolute Gasteiger partial charge is 0.243 e. The molecule has 152 valence electrons. The lowest BCUT2D eigenvalue weighted by Crippen LogP contribution is -2.39. The molecule has 0 saturated carbocycles.